The molecule has 0 radical (unpaired) electrons. The average molecular weight is 175 g/mol. The number of carbonyl (C=O) groups is 1. The van der Waals surface area contributed by atoms with E-state index in [1.165, 1.54) is 6.07 Å². The summed E-state index contributed by atoms with van der Waals surface area (Å²) < 4.78 is 0. The molecule has 1 rings (SSSR count). The largest absolute Gasteiger partial charge is 0.506 e. The number of benzene rings is 1. The van der Waals surface area contributed by atoms with Crippen molar-refractivity contribution in [3.8, 4) is 18.1 Å². The molecule has 3 heteroatoms. The fraction of sp³-hybridized carbons (Fsp3) is 0.100. The van der Waals surface area contributed by atoms with Crippen LogP contribution in [-0.4, -0.2) is 11.0 Å². The summed E-state index contributed by atoms with van der Waals surface area (Å²) in [6.07, 6.45) is 4.88. The van der Waals surface area contributed by atoms with Crippen molar-refractivity contribution in [1.29, 1.82) is 0 Å². The monoisotopic (exact) mass is 175 g/mol. The summed E-state index contributed by atoms with van der Waals surface area (Å²) in [6.45, 7) is 1.77. The Morgan fingerprint density at radius 1 is 1.62 bits per heavy atom. The number of terminal acetylenes is 1. The second-order valence-electron chi connectivity index (χ2n) is 2.57. The number of para-hydroxylation sites is 1. The molecule has 1 aromatic rings. The zero-order valence-electron chi connectivity index (χ0n) is 7.16. The molecule has 1 amide bonds. The lowest BCUT2D eigenvalue weighted by Crippen LogP contribution is -2.09. The van der Waals surface area contributed by atoms with E-state index in [1.54, 1.807) is 19.1 Å². The first-order chi connectivity index (χ1) is 6.15. The van der Waals surface area contributed by atoms with Gasteiger partial charge in [-0.3, -0.25) is 4.79 Å². The Bertz CT molecular complexity index is 357. The first kappa shape index (κ1) is 9.14. The molecular weight excluding hydrogens is 166 g/mol. The standard InChI is InChI=1S/C10H9NO2/c1-3-9(13)11-10-7(2)5-4-6-8(10)12/h1,4-6,12H,2H3,(H,11,13). The van der Waals surface area contributed by atoms with Crippen LogP contribution in [0, 0.1) is 19.3 Å². The summed E-state index contributed by atoms with van der Waals surface area (Å²) in [4.78, 5) is 10.8. The molecule has 66 valence electrons. The Morgan fingerprint density at radius 2 is 2.31 bits per heavy atom. The van der Waals surface area contributed by atoms with Crippen molar-refractivity contribution in [2.45, 2.75) is 6.92 Å². The first-order valence-corrected chi connectivity index (χ1v) is 3.71. The summed E-state index contributed by atoms with van der Waals surface area (Å²) >= 11 is 0. The van der Waals surface area contributed by atoms with Gasteiger partial charge in [0.25, 0.3) is 5.91 Å². The van der Waals surface area contributed by atoms with E-state index in [0.717, 1.165) is 5.56 Å². The number of aromatic hydroxyl groups is 1. The van der Waals surface area contributed by atoms with Crippen LogP contribution in [0.2, 0.25) is 0 Å². The van der Waals surface area contributed by atoms with E-state index >= 15 is 0 Å². The smallest absolute Gasteiger partial charge is 0.300 e. The van der Waals surface area contributed by atoms with Crippen LogP contribution in [0.25, 0.3) is 0 Å². The number of rotatable bonds is 1. The van der Waals surface area contributed by atoms with Crippen LogP contribution < -0.4 is 5.32 Å². The molecule has 13 heavy (non-hydrogen) atoms. The Morgan fingerprint density at radius 3 is 2.85 bits per heavy atom. The van der Waals surface area contributed by atoms with Crippen LogP contribution in [-0.2, 0) is 4.79 Å². The molecule has 2 N–H and O–H groups in total. The molecule has 0 fully saturated rings. The van der Waals surface area contributed by atoms with Gasteiger partial charge in [-0.2, -0.15) is 0 Å². The third-order valence-corrected chi connectivity index (χ3v) is 1.62. The number of aryl methyl sites for hydroxylation is 1. The van der Waals surface area contributed by atoms with Crippen LogP contribution in [0.5, 0.6) is 5.75 Å². The molecule has 1 aromatic carbocycles. The van der Waals surface area contributed by atoms with E-state index in [-0.39, 0.29) is 5.75 Å². The predicted octanol–water partition coefficient (Wildman–Crippen LogP) is 1.27. The minimum atomic E-state index is -0.565. The normalized spacial score (nSPS) is 8.92. The van der Waals surface area contributed by atoms with E-state index in [9.17, 15) is 9.90 Å². The predicted molar refractivity (Wildman–Crippen MR) is 50.3 cm³/mol. The lowest BCUT2D eigenvalue weighted by molar-refractivity contribution is -0.111. The van der Waals surface area contributed by atoms with Gasteiger partial charge in [0.05, 0.1) is 5.69 Å². The van der Waals surface area contributed by atoms with Crippen molar-refractivity contribution in [3.63, 3.8) is 0 Å². The van der Waals surface area contributed by atoms with Crippen molar-refractivity contribution < 1.29 is 9.90 Å². The number of phenolic OH excluding ortho intramolecular Hbond substituents is 1. The molecule has 0 saturated carbocycles. The van der Waals surface area contributed by atoms with Gasteiger partial charge in [0.2, 0.25) is 0 Å². The lowest BCUT2D eigenvalue weighted by Gasteiger charge is -2.06. The Kier molecular flexibility index (Phi) is 2.56. The second kappa shape index (κ2) is 3.63. The zero-order valence-corrected chi connectivity index (χ0v) is 7.16. The van der Waals surface area contributed by atoms with E-state index in [0.29, 0.717) is 5.69 Å². The highest BCUT2D eigenvalue weighted by Gasteiger charge is 2.05. The van der Waals surface area contributed by atoms with Gasteiger partial charge in [0.1, 0.15) is 5.75 Å². The molecule has 0 aliphatic rings. The Hall–Kier alpha value is -1.95. The maximum absolute atomic E-state index is 10.8. The topological polar surface area (TPSA) is 49.3 Å². The summed E-state index contributed by atoms with van der Waals surface area (Å²) in [5, 5.41) is 11.8. The molecular formula is C10H9NO2. The van der Waals surface area contributed by atoms with Gasteiger partial charge in [-0.1, -0.05) is 12.1 Å². The maximum atomic E-state index is 10.8. The molecule has 0 spiro atoms. The third kappa shape index (κ3) is 2.00. The van der Waals surface area contributed by atoms with Gasteiger partial charge in [-0.15, -0.1) is 6.42 Å². The van der Waals surface area contributed by atoms with Gasteiger partial charge < -0.3 is 10.4 Å². The van der Waals surface area contributed by atoms with Crippen LogP contribution >= 0.6 is 0 Å². The fourth-order valence-corrected chi connectivity index (χ4v) is 0.965. The van der Waals surface area contributed by atoms with E-state index in [1.807, 2.05) is 5.92 Å². The maximum Gasteiger partial charge on any atom is 0.300 e. The molecule has 0 heterocycles. The van der Waals surface area contributed by atoms with E-state index < -0.39 is 5.91 Å². The number of nitrogens with one attached hydrogen (secondary N) is 1. The van der Waals surface area contributed by atoms with Crippen LogP contribution in [0.4, 0.5) is 5.69 Å². The number of hydrogen-bond acceptors (Lipinski definition) is 2. The van der Waals surface area contributed by atoms with Crippen LogP contribution in [0.1, 0.15) is 5.56 Å². The molecule has 0 aliphatic heterocycles. The molecule has 0 aromatic heterocycles. The lowest BCUT2D eigenvalue weighted by atomic mass is 10.2. The Balaban J connectivity index is 3.01. The first-order valence-electron chi connectivity index (χ1n) is 3.71. The average Bonchev–Trinajstić information content (AvgIpc) is 2.11. The number of carbonyl (C=O) groups excluding carboxylic acids is 1. The molecule has 0 unspecified atom stereocenters. The molecule has 0 saturated heterocycles. The molecule has 0 aliphatic carbocycles. The number of anilines is 1. The SMILES string of the molecule is C#CC(=O)Nc1c(C)cccc1O. The van der Waals surface area contributed by atoms with E-state index in [2.05, 4.69) is 5.32 Å². The summed E-state index contributed by atoms with van der Waals surface area (Å²) in [5.41, 5.74) is 1.13. The van der Waals surface area contributed by atoms with Crippen molar-refractivity contribution in [2.24, 2.45) is 0 Å². The molecule has 3 nitrogen and oxygen atoms in total. The summed E-state index contributed by atoms with van der Waals surface area (Å²) in [5.74, 6) is 1.36. The number of hydrogen-bond donors (Lipinski definition) is 2. The number of phenols is 1. The minimum absolute atomic E-state index is 0.0172. The van der Waals surface area contributed by atoms with Gasteiger partial charge in [0.15, 0.2) is 0 Å². The molecule has 0 bridgehead atoms. The highest BCUT2D eigenvalue weighted by atomic mass is 16.3. The van der Waals surface area contributed by atoms with E-state index in [4.69, 9.17) is 6.42 Å². The van der Waals surface area contributed by atoms with Crippen molar-refractivity contribution in [1.82, 2.24) is 0 Å². The molecule has 0 atom stereocenters. The minimum Gasteiger partial charge on any atom is -0.506 e. The van der Waals surface area contributed by atoms with Crippen LogP contribution in [0.3, 0.4) is 0 Å². The van der Waals surface area contributed by atoms with Gasteiger partial charge in [-0.05, 0) is 24.5 Å². The summed E-state index contributed by atoms with van der Waals surface area (Å²) in [7, 11) is 0. The number of amides is 1. The van der Waals surface area contributed by atoms with Crippen molar-refractivity contribution >= 4 is 11.6 Å². The fourth-order valence-electron chi connectivity index (χ4n) is 0.965. The van der Waals surface area contributed by atoms with Crippen molar-refractivity contribution in [3.05, 3.63) is 23.8 Å². The van der Waals surface area contributed by atoms with Gasteiger partial charge in [0, 0.05) is 0 Å². The van der Waals surface area contributed by atoms with Gasteiger partial charge in [-0.25, -0.2) is 0 Å². The third-order valence-electron chi connectivity index (χ3n) is 1.62. The van der Waals surface area contributed by atoms with Gasteiger partial charge >= 0.3 is 0 Å². The summed E-state index contributed by atoms with van der Waals surface area (Å²) in [6, 6.07) is 4.95. The highest BCUT2D eigenvalue weighted by Crippen LogP contribution is 2.25. The zero-order chi connectivity index (χ0) is 9.84. The van der Waals surface area contributed by atoms with Crippen LogP contribution in [0.15, 0.2) is 18.2 Å². The Labute approximate surface area is 76.4 Å². The van der Waals surface area contributed by atoms with Crippen molar-refractivity contribution in [2.75, 3.05) is 5.32 Å². The highest BCUT2D eigenvalue weighted by molar-refractivity contribution is 6.04. The second-order valence-corrected chi connectivity index (χ2v) is 2.57. The quantitative estimate of drug-likeness (QED) is 0.499.